The minimum atomic E-state index is -0.808. The number of rotatable bonds is 35. The van der Waals surface area contributed by atoms with E-state index in [4.69, 9.17) is 14.2 Å². The van der Waals surface area contributed by atoms with Crippen LogP contribution >= 0.6 is 0 Å². The lowest BCUT2D eigenvalue weighted by molar-refractivity contribution is -0.166. The standard InChI is InChI=1S/C44H74O6/c1-4-7-10-13-15-17-19-21-23-24-26-28-31-34-37-43(46)49-40-41(39-48-42(45)36-33-30-12-9-6-3)50-44(47)38-35-32-29-27-25-22-20-18-16-14-11-8-5-2/h8,11,16,18-19,21-22,25,29,32,41H,4-7,9-10,12-15,17,20,23-24,26-28,30-31,33-40H2,1-3H3/b11-8-,18-16-,21-19-,25-22-,32-29-. The van der Waals surface area contributed by atoms with Gasteiger partial charge >= 0.3 is 17.9 Å². The lowest BCUT2D eigenvalue weighted by Crippen LogP contribution is -2.30. The Kier molecular flexibility index (Phi) is 36.7. The maximum Gasteiger partial charge on any atom is 0.306 e. The summed E-state index contributed by atoms with van der Waals surface area (Å²) < 4.78 is 16.4. The van der Waals surface area contributed by atoms with E-state index in [9.17, 15) is 14.4 Å². The van der Waals surface area contributed by atoms with Gasteiger partial charge in [0.25, 0.3) is 0 Å². The largest absolute Gasteiger partial charge is 0.462 e. The fraction of sp³-hybridized carbons (Fsp3) is 0.705. The molecule has 6 heteroatoms. The van der Waals surface area contributed by atoms with E-state index in [0.717, 1.165) is 83.5 Å². The first-order valence-corrected chi connectivity index (χ1v) is 20.3. The van der Waals surface area contributed by atoms with Crippen molar-refractivity contribution < 1.29 is 28.6 Å². The van der Waals surface area contributed by atoms with Gasteiger partial charge in [0.05, 0.1) is 0 Å². The molecule has 1 unspecified atom stereocenters. The normalized spacial score (nSPS) is 12.6. The molecule has 0 rings (SSSR count). The quantitative estimate of drug-likeness (QED) is 0.0284. The van der Waals surface area contributed by atoms with Gasteiger partial charge in [0, 0.05) is 19.3 Å². The van der Waals surface area contributed by atoms with Crippen LogP contribution in [0.25, 0.3) is 0 Å². The monoisotopic (exact) mass is 699 g/mol. The molecule has 0 heterocycles. The third kappa shape index (κ3) is 36.4. The number of carbonyl (C=O) groups is 3. The average molecular weight is 699 g/mol. The van der Waals surface area contributed by atoms with Crippen LogP contribution in [-0.4, -0.2) is 37.2 Å². The third-order valence-corrected chi connectivity index (χ3v) is 8.27. The number of ether oxygens (including phenoxy) is 3. The van der Waals surface area contributed by atoms with Crippen molar-refractivity contribution in [3.05, 3.63) is 60.8 Å². The van der Waals surface area contributed by atoms with Crippen molar-refractivity contribution >= 4 is 17.9 Å². The van der Waals surface area contributed by atoms with Crippen molar-refractivity contribution in [2.75, 3.05) is 13.2 Å². The molecule has 0 aromatic carbocycles. The molecule has 0 aliphatic carbocycles. The second-order valence-corrected chi connectivity index (χ2v) is 13.2. The lowest BCUT2D eigenvalue weighted by atomic mass is 10.1. The van der Waals surface area contributed by atoms with Crippen molar-refractivity contribution in [2.24, 2.45) is 0 Å². The predicted octanol–water partition coefficient (Wildman–Crippen LogP) is 12.6. The molecule has 0 saturated heterocycles. The summed E-state index contributed by atoms with van der Waals surface area (Å²) in [6, 6.07) is 0. The first-order valence-electron chi connectivity index (χ1n) is 20.3. The van der Waals surface area contributed by atoms with Gasteiger partial charge in [0.1, 0.15) is 13.2 Å². The molecule has 0 saturated carbocycles. The topological polar surface area (TPSA) is 78.9 Å². The minimum absolute atomic E-state index is 0.107. The van der Waals surface area contributed by atoms with Crippen LogP contribution in [0.15, 0.2) is 60.8 Å². The van der Waals surface area contributed by atoms with E-state index in [1.54, 1.807) is 0 Å². The molecule has 0 aliphatic rings. The molecule has 0 amide bonds. The smallest absolute Gasteiger partial charge is 0.306 e. The number of unbranched alkanes of at least 4 members (excludes halogenated alkanes) is 14. The third-order valence-electron chi connectivity index (χ3n) is 8.27. The Hall–Kier alpha value is -2.89. The van der Waals surface area contributed by atoms with E-state index in [2.05, 4.69) is 69.4 Å². The highest BCUT2D eigenvalue weighted by Crippen LogP contribution is 2.11. The maximum absolute atomic E-state index is 12.6. The summed E-state index contributed by atoms with van der Waals surface area (Å²) in [5.74, 6) is -1.02. The summed E-state index contributed by atoms with van der Waals surface area (Å²) >= 11 is 0. The molecule has 0 aliphatic heterocycles. The van der Waals surface area contributed by atoms with Gasteiger partial charge in [0.2, 0.25) is 0 Å². The molecule has 0 radical (unpaired) electrons. The summed E-state index contributed by atoms with van der Waals surface area (Å²) in [7, 11) is 0. The lowest BCUT2D eigenvalue weighted by Gasteiger charge is -2.18. The molecular weight excluding hydrogens is 624 g/mol. The first kappa shape index (κ1) is 47.1. The van der Waals surface area contributed by atoms with Crippen LogP contribution in [0.5, 0.6) is 0 Å². The molecule has 6 nitrogen and oxygen atoms in total. The summed E-state index contributed by atoms with van der Waals surface area (Å²) in [4.78, 5) is 37.3. The zero-order valence-corrected chi connectivity index (χ0v) is 32.4. The van der Waals surface area contributed by atoms with Crippen LogP contribution in [0.2, 0.25) is 0 Å². The van der Waals surface area contributed by atoms with Crippen LogP contribution in [0, 0.1) is 0 Å². The summed E-state index contributed by atoms with van der Waals surface area (Å²) in [6.07, 6.45) is 45.3. The fourth-order valence-electron chi connectivity index (χ4n) is 5.21. The van der Waals surface area contributed by atoms with Crippen LogP contribution in [0.3, 0.4) is 0 Å². The molecule has 0 aromatic rings. The fourth-order valence-corrected chi connectivity index (χ4v) is 5.21. The van der Waals surface area contributed by atoms with Crippen molar-refractivity contribution in [3.8, 4) is 0 Å². The molecular formula is C44H74O6. The van der Waals surface area contributed by atoms with Crippen molar-refractivity contribution in [2.45, 2.75) is 187 Å². The van der Waals surface area contributed by atoms with Gasteiger partial charge in [-0.1, -0.05) is 152 Å². The van der Waals surface area contributed by atoms with Gasteiger partial charge in [-0.2, -0.15) is 0 Å². The second kappa shape index (κ2) is 38.9. The highest BCUT2D eigenvalue weighted by Gasteiger charge is 2.19. The molecule has 50 heavy (non-hydrogen) atoms. The van der Waals surface area contributed by atoms with E-state index < -0.39 is 12.1 Å². The van der Waals surface area contributed by atoms with Crippen molar-refractivity contribution in [1.82, 2.24) is 0 Å². The maximum atomic E-state index is 12.6. The Balaban J connectivity index is 4.40. The summed E-state index contributed by atoms with van der Waals surface area (Å²) in [6.45, 7) is 6.32. The minimum Gasteiger partial charge on any atom is -0.462 e. The zero-order valence-electron chi connectivity index (χ0n) is 32.4. The molecule has 0 bridgehead atoms. The summed E-state index contributed by atoms with van der Waals surface area (Å²) in [5, 5.41) is 0. The Morgan fingerprint density at radius 3 is 1.30 bits per heavy atom. The van der Waals surface area contributed by atoms with Gasteiger partial charge in [-0.05, 0) is 70.6 Å². The number of hydrogen-bond donors (Lipinski definition) is 0. The van der Waals surface area contributed by atoms with E-state index in [1.165, 1.54) is 51.4 Å². The van der Waals surface area contributed by atoms with Crippen LogP contribution in [0.4, 0.5) is 0 Å². The SMILES string of the molecule is CC/C=C\C/C=C\C/C=C\C/C=C\CCC(=O)OC(COC(=O)CCCCCCC)COC(=O)CCCCCCC/C=C\CCCCCCC. The Labute approximate surface area is 307 Å². The molecule has 1 atom stereocenters. The van der Waals surface area contributed by atoms with Crippen LogP contribution in [-0.2, 0) is 28.6 Å². The Bertz CT molecular complexity index is 944. The van der Waals surface area contributed by atoms with Crippen LogP contribution < -0.4 is 0 Å². The predicted molar refractivity (Wildman–Crippen MR) is 210 cm³/mol. The molecule has 0 fully saturated rings. The summed E-state index contributed by atoms with van der Waals surface area (Å²) in [5.41, 5.74) is 0. The van der Waals surface area contributed by atoms with Gasteiger partial charge in [-0.15, -0.1) is 0 Å². The molecule has 0 spiro atoms. The van der Waals surface area contributed by atoms with E-state index in [1.807, 2.05) is 12.2 Å². The van der Waals surface area contributed by atoms with Gasteiger partial charge < -0.3 is 14.2 Å². The van der Waals surface area contributed by atoms with Crippen LogP contribution in [0.1, 0.15) is 181 Å². The molecule has 0 N–H and O–H groups in total. The van der Waals surface area contributed by atoms with Gasteiger partial charge in [-0.25, -0.2) is 0 Å². The number of hydrogen-bond acceptors (Lipinski definition) is 6. The van der Waals surface area contributed by atoms with Gasteiger partial charge in [-0.3, -0.25) is 14.4 Å². The first-order chi connectivity index (χ1) is 24.5. The second-order valence-electron chi connectivity index (χ2n) is 13.2. The zero-order chi connectivity index (χ0) is 36.6. The van der Waals surface area contributed by atoms with Crippen molar-refractivity contribution in [3.63, 3.8) is 0 Å². The Morgan fingerprint density at radius 1 is 0.420 bits per heavy atom. The van der Waals surface area contributed by atoms with E-state index in [0.29, 0.717) is 19.3 Å². The molecule has 286 valence electrons. The average Bonchev–Trinajstić information content (AvgIpc) is 3.11. The number of esters is 3. The van der Waals surface area contributed by atoms with E-state index >= 15 is 0 Å². The highest BCUT2D eigenvalue weighted by molar-refractivity contribution is 5.71. The van der Waals surface area contributed by atoms with Crippen molar-refractivity contribution in [1.29, 1.82) is 0 Å². The molecule has 0 aromatic heterocycles. The van der Waals surface area contributed by atoms with Gasteiger partial charge in [0.15, 0.2) is 6.10 Å². The van der Waals surface area contributed by atoms with E-state index in [-0.39, 0.29) is 31.6 Å². The highest BCUT2D eigenvalue weighted by atomic mass is 16.6. The Morgan fingerprint density at radius 2 is 0.820 bits per heavy atom. The number of allylic oxidation sites excluding steroid dienone is 10. The number of carbonyl (C=O) groups excluding carboxylic acids is 3.